The van der Waals surface area contributed by atoms with Gasteiger partial charge >= 0.3 is 5.97 Å². The molecule has 0 amide bonds. The highest BCUT2D eigenvalue weighted by atomic mass is 16.6. The van der Waals surface area contributed by atoms with Gasteiger partial charge < -0.3 is 14.6 Å². The average molecular weight is 286 g/mol. The highest BCUT2D eigenvalue weighted by Gasteiger charge is 2.06. The first-order valence-electron chi connectivity index (χ1n) is 6.81. The van der Waals surface area contributed by atoms with Crippen LogP contribution in [0, 0.1) is 0 Å². The zero-order chi connectivity index (χ0) is 15.1. The van der Waals surface area contributed by atoms with E-state index in [-0.39, 0.29) is 0 Å². The maximum absolute atomic E-state index is 11.4. The molecule has 21 heavy (non-hydrogen) atoms. The van der Waals surface area contributed by atoms with Crippen LogP contribution in [0.4, 0.5) is 0 Å². The summed E-state index contributed by atoms with van der Waals surface area (Å²) in [6.07, 6.45) is 0.779. The van der Waals surface area contributed by atoms with Crippen molar-refractivity contribution in [2.75, 3.05) is 13.4 Å². The Hall–Kier alpha value is -2.33. The average Bonchev–Trinajstić information content (AvgIpc) is 2.50. The second-order valence-electron chi connectivity index (χ2n) is 4.51. The third-order valence-electron chi connectivity index (χ3n) is 3.03. The van der Waals surface area contributed by atoms with Gasteiger partial charge in [-0.15, -0.1) is 0 Å². The monoisotopic (exact) mass is 286 g/mol. The number of ether oxygens (including phenoxy) is 2. The molecule has 0 aliphatic rings. The van der Waals surface area contributed by atoms with E-state index >= 15 is 0 Å². The molecule has 0 spiro atoms. The van der Waals surface area contributed by atoms with Crippen molar-refractivity contribution in [2.45, 2.75) is 13.3 Å². The van der Waals surface area contributed by atoms with Crippen LogP contribution in [-0.4, -0.2) is 24.5 Å². The van der Waals surface area contributed by atoms with Gasteiger partial charge in [-0.25, -0.2) is 4.79 Å². The van der Waals surface area contributed by atoms with Crippen molar-refractivity contribution in [3.05, 3.63) is 65.2 Å². The van der Waals surface area contributed by atoms with Crippen LogP contribution in [-0.2, 0) is 11.2 Å². The van der Waals surface area contributed by atoms with E-state index in [1.54, 1.807) is 12.1 Å². The zero-order valence-electron chi connectivity index (χ0n) is 11.9. The lowest BCUT2D eigenvalue weighted by atomic mass is 10.0. The van der Waals surface area contributed by atoms with Crippen molar-refractivity contribution >= 4 is 5.97 Å². The molecule has 0 aliphatic carbocycles. The number of esters is 1. The number of aliphatic hydroxyl groups is 1. The fourth-order valence-corrected chi connectivity index (χ4v) is 2.01. The Morgan fingerprint density at radius 3 is 2.10 bits per heavy atom. The minimum absolute atomic E-state index is 0.430. The van der Waals surface area contributed by atoms with Crippen LogP contribution in [0.3, 0.4) is 0 Å². The molecule has 0 aliphatic heterocycles. The molecule has 4 nitrogen and oxygen atoms in total. The van der Waals surface area contributed by atoms with Gasteiger partial charge in [0.05, 0.1) is 12.2 Å². The Kier molecular flexibility index (Phi) is 5.35. The summed E-state index contributed by atoms with van der Waals surface area (Å²) >= 11 is 0. The van der Waals surface area contributed by atoms with Crippen LogP contribution < -0.4 is 4.74 Å². The van der Waals surface area contributed by atoms with Crippen LogP contribution >= 0.6 is 0 Å². The molecule has 0 heterocycles. The Labute approximate surface area is 123 Å². The third kappa shape index (κ3) is 4.33. The largest absolute Gasteiger partial charge is 0.494 e. The predicted octanol–water partition coefficient (Wildman–Crippen LogP) is 2.78. The van der Waals surface area contributed by atoms with E-state index in [0.717, 1.165) is 17.7 Å². The first-order chi connectivity index (χ1) is 10.2. The van der Waals surface area contributed by atoms with E-state index < -0.39 is 12.8 Å². The first-order valence-corrected chi connectivity index (χ1v) is 6.81. The summed E-state index contributed by atoms with van der Waals surface area (Å²) in [7, 11) is 0. The molecule has 0 unspecified atom stereocenters. The van der Waals surface area contributed by atoms with Gasteiger partial charge in [-0.1, -0.05) is 24.3 Å². The van der Waals surface area contributed by atoms with Crippen molar-refractivity contribution in [3.8, 4) is 5.75 Å². The first kappa shape index (κ1) is 15.1. The molecule has 0 atom stereocenters. The Morgan fingerprint density at radius 1 is 1.00 bits per heavy atom. The summed E-state index contributed by atoms with van der Waals surface area (Å²) in [5, 5.41) is 8.55. The maximum Gasteiger partial charge on any atom is 0.340 e. The van der Waals surface area contributed by atoms with E-state index in [9.17, 15) is 4.79 Å². The summed E-state index contributed by atoms with van der Waals surface area (Å²) in [5.74, 6) is 0.341. The lowest BCUT2D eigenvalue weighted by molar-refractivity contribution is 0.00684. The van der Waals surface area contributed by atoms with Crippen LogP contribution in [0.1, 0.15) is 28.4 Å². The highest BCUT2D eigenvalue weighted by Crippen LogP contribution is 2.16. The van der Waals surface area contributed by atoms with Crippen molar-refractivity contribution in [3.63, 3.8) is 0 Å². The number of benzene rings is 2. The van der Waals surface area contributed by atoms with Crippen molar-refractivity contribution < 1.29 is 19.4 Å². The molecule has 2 aromatic rings. The van der Waals surface area contributed by atoms with Gasteiger partial charge in [0, 0.05) is 0 Å². The quantitative estimate of drug-likeness (QED) is 0.655. The van der Waals surface area contributed by atoms with Crippen molar-refractivity contribution in [1.29, 1.82) is 0 Å². The van der Waals surface area contributed by atoms with Gasteiger partial charge in [0.25, 0.3) is 0 Å². The van der Waals surface area contributed by atoms with Gasteiger partial charge in [0.1, 0.15) is 5.75 Å². The summed E-state index contributed by atoms with van der Waals surface area (Å²) in [5.41, 5.74) is 2.70. The SMILES string of the molecule is CCOc1ccc(Cc2ccc(C(=O)OCO)cc2)cc1. The smallest absolute Gasteiger partial charge is 0.340 e. The maximum atomic E-state index is 11.4. The van der Waals surface area contributed by atoms with E-state index in [4.69, 9.17) is 9.84 Å². The molecule has 0 fully saturated rings. The Bertz CT molecular complexity index is 573. The van der Waals surface area contributed by atoms with Gasteiger partial charge in [-0.2, -0.15) is 0 Å². The molecular formula is C17H18O4. The minimum atomic E-state index is -0.604. The van der Waals surface area contributed by atoms with Crippen molar-refractivity contribution in [2.24, 2.45) is 0 Å². The molecule has 110 valence electrons. The van der Waals surface area contributed by atoms with Crippen molar-refractivity contribution in [1.82, 2.24) is 0 Å². The Morgan fingerprint density at radius 2 is 1.57 bits per heavy atom. The third-order valence-corrected chi connectivity index (χ3v) is 3.03. The molecule has 0 saturated carbocycles. The van der Waals surface area contributed by atoms with Crippen LogP contribution in [0.15, 0.2) is 48.5 Å². The summed E-state index contributed by atoms with van der Waals surface area (Å²) in [4.78, 5) is 11.4. The molecular weight excluding hydrogens is 268 g/mol. The van der Waals surface area contributed by atoms with E-state index in [1.165, 1.54) is 5.56 Å². The fourth-order valence-electron chi connectivity index (χ4n) is 2.01. The standard InChI is InChI=1S/C17H18O4/c1-2-20-16-9-5-14(6-10-16)11-13-3-7-15(8-4-13)17(19)21-12-18/h3-10,18H,2,11-12H2,1H3. The molecule has 0 aromatic heterocycles. The zero-order valence-corrected chi connectivity index (χ0v) is 11.9. The number of hydrogen-bond donors (Lipinski definition) is 1. The van der Waals surface area contributed by atoms with E-state index in [1.807, 2.05) is 43.3 Å². The number of hydrogen-bond acceptors (Lipinski definition) is 4. The molecule has 1 N–H and O–H groups in total. The molecule has 2 rings (SSSR count). The summed E-state index contributed by atoms with van der Waals surface area (Å²) in [6.45, 7) is 2.01. The fraction of sp³-hybridized carbons (Fsp3) is 0.235. The van der Waals surface area contributed by atoms with Crippen LogP contribution in [0.25, 0.3) is 0 Å². The molecule has 0 saturated heterocycles. The van der Waals surface area contributed by atoms with Crippen LogP contribution in [0.2, 0.25) is 0 Å². The van der Waals surface area contributed by atoms with Gasteiger partial charge in [0.2, 0.25) is 0 Å². The lowest BCUT2D eigenvalue weighted by Gasteiger charge is -2.06. The second-order valence-corrected chi connectivity index (χ2v) is 4.51. The normalized spacial score (nSPS) is 10.2. The van der Waals surface area contributed by atoms with E-state index in [2.05, 4.69) is 4.74 Å². The second kappa shape index (κ2) is 7.45. The van der Waals surface area contributed by atoms with Gasteiger partial charge in [-0.3, -0.25) is 0 Å². The van der Waals surface area contributed by atoms with Gasteiger partial charge in [-0.05, 0) is 48.7 Å². The van der Waals surface area contributed by atoms with E-state index in [0.29, 0.717) is 12.2 Å². The topological polar surface area (TPSA) is 55.8 Å². The van der Waals surface area contributed by atoms with Crippen LogP contribution in [0.5, 0.6) is 5.75 Å². The number of carbonyl (C=O) groups is 1. The highest BCUT2D eigenvalue weighted by molar-refractivity contribution is 5.89. The number of rotatable bonds is 6. The number of aliphatic hydroxyl groups excluding tert-OH is 1. The lowest BCUT2D eigenvalue weighted by Crippen LogP contribution is -2.05. The minimum Gasteiger partial charge on any atom is -0.494 e. The molecule has 4 heteroatoms. The summed E-state index contributed by atoms with van der Waals surface area (Å²) in [6, 6.07) is 15.1. The number of carbonyl (C=O) groups excluding carboxylic acids is 1. The van der Waals surface area contributed by atoms with Gasteiger partial charge in [0.15, 0.2) is 6.79 Å². The molecule has 0 radical (unpaired) electrons. The predicted molar refractivity (Wildman–Crippen MR) is 79.4 cm³/mol. The Balaban J connectivity index is 2.01. The molecule has 2 aromatic carbocycles. The molecule has 0 bridgehead atoms. The summed E-state index contributed by atoms with van der Waals surface area (Å²) < 4.78 is 9.93.